The molecule has 0 unspecified atom stereocenters. The largest absolute Gasteiger partial charge is 0.481 e. The number of carboxylic acids is 1. The van der Waals surface area contributed by atoms with Crippen molar-refractivity contribution in [3.05, 3.63) is 35.9 Å². The fraction of sp³-hybridized carbons (Fsp3) is 0.500. The number of amides is 1. The molecule has 0 aliphatic carbocycles. The lowest BCUT2D eigenvalue weighted by molar-refractivity contribution is -0.150. The SMILES string of the molecule is O=C(COCc1ccccc1)N1C[C@@H]2COC[C@]2(C(=O)O)C1. The Balaban J connectivity index is 1.53. The molecule has 6 nitrogen and oxygen atoms in total. The molecular formula is C16H19NO5. The van der Waals surface area contributed by atoms with Gasteiger partial charge in [0, 0.05) is 19.0 Å². The van der Waals surface area contributed by atoms with E-state index < -0.39 is 11.4 Å². The van der Waals surface area contributed by atoms with E-state index >= 15 is 0 Å². The Bertz CT molecular complexity index is 561. The van der Waals surface area contributed by atoms with Crippen LogP contribution < -0.4 is 0 Å². The predicted octanol–water partition coefficient (Wildman–Crippen LogP) is 0.763. The maximum absolute atomic E-state index is 12.2. The fourth-order valence-corrected chi connectivity index (χ4v) is 3.15. The number of carbonyl (C=O) groups is 2. The van der Waals surface area contributed by atoms with Crippen molar-refractivity contribution in [2.45, 2.75) is 6.61 Å². The second-order valence-electron chi connectivity index (χ2n) is 5.93. The van der Waals surface area contributed by atoms with Gasteiger partial charge in [-0.15, -0.1) is 0 Å². The highest BCUT2D eigenvalue weighted by atomic mass is 16.5. The molecule has 1 N–H and O–H groups in total. The summed E-state index contributed by atoms with van der Waals surface area (Å²) in [5.41, 5.74) is 0.0683. The molecule has 1 amide bonds. The molecule has 3 rings (SSSR count). The Hall–Kier alpha value is -1.92. The number of benzene rings is 1. The minimum Gasteiger partial charge on any atom is -0.481 e. The summed E-state index contributed by atoms with van der Waals surface area (Å²) in [6, 6.07) is 9.62. The first-order valence-electron chi connectivity index (χ1n) is 7.32. The van der Waals surface area contributed by atoms with Gasteiger partial charge in [-0.3, -0.25) is 9.59 Å². The van der Waals surface area contributed by atoms with E-state index in [1.54, 1.807) is 4.90 Å². The molecule has 2 fully saturated rings. The summed E-state index contributed by atoms with van der Waals surface area (Å²) < 4.78 is 10.7. The number of carboxylic acid groups (broad SMARTS) is 1. The van der Waals surface area contributed by atoms with E-state index in [1.807, 2.05) is 30.3 Å². The van der Waals surface area contributed by atoms with Gasteiger partial charge >= 0.3 is 5.97 Å². The Morgan fingerprint density at radius 1 is 1.36 bits per heavy atom. The summed E-state index contributed by atoms with van der Waals surface area (Å²) in [6.07, 6.45) is 0. The third-order valence-electron chi connectivity index (χ3n) is 4.49. The average Bonchev–Trinajstić information content (AvgIpc) is 3.06. The van der Waals surface area contributed by atoms with Gasteiger partial charge in [0.25, 0.3) is 0 Å². The molecule has 0 spiro atoms. The summed E-state index contributed by atoms with van der Waals surface area (Å²) in [5, 5.41) is 9.45. The maximum Gasteiger partial charge on any atom is 0.314 e. The molecule has 2 heterocycles. The van der Waals surface area contributed by atoms with Crippen LogP contribution in [-0.2, 0) is 25.7 Å². The molecule has 1 aromatic rings. The Morgan fingerprint density at radius 2 is 2.14 bits per heavy atom. The van der Waals surface area contributed by atoms with Crippen LogP contribution in [0.5, 0.6) is 0 Å². The van der Waals surface area contributed by atoms with Gasteiger partial charge in [0.1, 0.15) is 12.0 Å². The van der Waals surface area contributed by atoms with E-state index in [1.165, 1.54) is 0 Å². The lowest BCUT2D eigenvalue weighted by atomic mass is 9.81. The van der Waals surface area contributed by atoms with Gasteiger partial charge in [0.15, 0.2) is 0 Å². The van der Waals surface area contributed by atoms with Crippen molar-refractivity contribution in [2.24, 2.45) is 11.3 Å². The molecule has 0 radical (unpaired) electrons. The van der Waals surface area contributed by atoms with Crippen molar-refractivity contribution in [1.82, 2.24) is 4.90 Å². The first-order valence-corrected chi connectivity index (χ1v) is 7.32. The number of hydrogen-bond acceptors (Lipinski definition) is 4. The van der Waals surface area contributed by atoms with Crippen LogP contribution in [0, 0.1) is 11.3 Å². The van der Waals surface area contributed by atoms with E-state index in [-0.39, 0.29) is 31.6 Å². The third-order valence-corrected chi connectivity index (χ3v) is 4.49. The number of nitrogens with zero attached hydrogens (tertiary/aromatic N) is 1. The zero-order valence-corrected chi connectivity index (χ0v) is 12.2. The van der Waals surface area contributed by atoms with E-state index in [2.05, 4.69) is 0 Å². The minimum absolute atomic E-state index is 0.0296. The maximum atomic E-state index is 12.2. The third kappa shape index (κ3) is 2.71. The van der Waals surface area contributed by atoms with Gasteiger partial charge < -0.3 is 19.5 Å². The highest BCUT2D eigenvalue weighted by molar-refractivity contribution is 5.82. The highest BCUT2D eigenvalue weighted by Crippen LogP contribution is 2.41. The molecule has 0 bridgehead atoms. The molecule has 1 aromatic carbocycles. The van der Waals surface area contributed by atoms with Crippen molar-refractivity contribution < 1.29 is 24.2 Å². The monoisotopic (exact) mass is 305 g/mol. The molecule has 6 heteroatoms. The van der Waals surface area contributed by atoms with Gasteiger partial charge in [0.2, 0.25) is 5.91 Å². The normalized spacial score (nSPS) is 26.9. The number of likely N-dealkylation sites (tertiary alicyclic amines) is 1. The van der Waals surface area contributed by atoms with Crippen molar-refractivity contribution in [2.75, 3.05) is 32.9 Å². The lowest BCUT2D eigenvalue weighted by Gasteiger charge is -2.21. The van der Waals surface area contributed by atoms with Gasteiger partial charge in [-0.2, -0.15) is 0 Å². The van der Waals surface area contributed by atoms with Crippen LogP contribution in [0.15, 0.2) is 30.3 Å². The smallest absolute Gasteiger partial charge is 0.314 e. The van der Waals surface area contributed by atoms with E-state index in [0.29, 0.717) is 19.8 Å². The van der Waals surface area contributed by atoms with Crippen molar-refractivity contribution in [3.8, 4) is 0 Å². The van der Waals surface area contributed by atoms with Crippen molar-refractivity contribution in [1.29, 1.82) is 0 Å². The second kappa shape index (κ2) is 6.06. The number of carbonyl (C=O) groups excluding carboxylic acids is 1. The summed E-state index contributed by atoms with van der Waals surface area (Å²) in [4.78, 5) is 25.3. The zero-order valence-electron chi connectivity index (χ0n) is 12.2. The van der Waals surface area contributed by atoms with E-state index in [4.69, 9.17) is 9.47 Å². The molecule has 22 heavy (non-hydrogen) atoms. The van der Waals surface area contributed by atoms with Crippen LogP contribution in [0.2, 0.25) is 0 Å². The van der Waals surface area contributed by atoms with Gasteiger partial charge in [-0.05, 0) is 5.56 Å². The average molecular weight is 305 g/mol. The predicted molar refractivity (Wildman–Crippen MR) is 77.1 cm³/mol. The number of rotatable bonds is 5. The highest BCUT2D eigenvalue weighted by Gasteiger charge is 2.57. The molecule has 2 aliphatic rings. The first-order chi connectivity index (χ1) is 10.6. The Labute approximate surface area is 128 Å². The number of ether oxygens (including phenoxy) is 2. The summed E-state index contributed by atoms with van der Waals surface area (Å²) in [7, 11) is 0. The van der Waals surface area contributed by atoms with Crippen LogP contribution in [-0.4, -0.2) is 54.8 Å². The van der Waals surface area contributed by atoms with Crippen molar-refractivity contribution in [3.63, 3.8) is 0 Å². The van der Waals surface area contributed by atoms with Crippen LogP contribution in [0.3, 0.4) is 0 Å². The number of hydrogen-bond donors (Lipinski definition) is 1. The lowest BCUT2D eigenvalue weighted by Crippen LogP contribution is -2.40. The van der Waals surface area contributed by atoms with Crippen molar-refractivity contribution >= 4 is 11.9 Å². The summed E-state index contributed by atoms with van der Waals surface area (Å²) >= 11 is 0. The van der Waals surface area contributed by atoms with E-state index in [9.17, 15) is 14.7 Å². The molecular weight excluding hydrogens is 286 g/mol. The topological polar surface area (TPSA) is 76.1 Å². The quantitative estimate of drug-likeness (QED) is 0.869. The van der Waals surface area contributed by atoms with Crippen LogP contribution in [0.1, 0.15) is 5.56 Å². The second-order valence-corrected chi connectivity index (χ2v) is 5.93. The molecule has 118 valence electrons. The van der Waals surface area contributed by atoms with Crippen LogP contribution in [0.4, 0.5) is 0 Å². The van der Waals surface area contributed by atoms with Gasteiger partial charge in [0.05, 0.1) is 19.8 Å². The first kappa shape index (κ1) is 15.0. The fourth-order valence-electron chi connectivity index (χ4n) is 3.15. The number of aliphatic carboxylic acids is 1. The van der Waals surface area contributed by atoms with Gasteiger partial charge in [-0.1, -0.05) is 30.3 Å². The Morgan fingerprint density at radius 3 is 2.82 bits per heavy atom. The molecule has 2 saturated heterocycles. The minimum atomic E-state index is -0.935. The van der Waals surface area contributed by atoms with Gasteiger partial charge in [-0.25, -0.2) is 0 Å². The summed E-state index contributed by atoms with van der Waals surface area (Å²) in [6.45, 7) is 1.57. The van der Waals surface area contributed by atoms with E-state index in [0.717, 1.165) is 5.56 Å². The molecule has 0 saturated carbocycles. The Kier molecular flexibility index (Phi) is 4.13. The molecule has 2 aliphatic heterocycles. The number of fused-ring (bicyclic) bond motifs is 1. The molecule has 2 atom stereocenters. The van der Waals surface area contributed by atoms with Crippen LogP contribution >= 0.6 is 0 Å². The van der Waals surface area contributed by atoms with Crippen LogP contribution in [0.25, 0.3) is 0 Å². The standard InChI is InChI=1S/C16H19NO5/c18-14(9-21-7-12-4-2-1-3-5-12)17-6-13-8-22-11-16(13,10-17)15(19)20/h1-5,13H,6-11H2,(H,19,20)/t13-,16-/m1/s1. The zero-order chi connectivity index (χ0) is 15.6. The summed E-state index contributed by atoms with van der Waals surface area (Å²) in [5.74, 6) is -1.16. The molecule has 0 aromatic heterocycles.